The van der Waals surface area contributed by atoms with E-state index in [2.05, 4.69) is 51.3 Å². The Morgan fingerprint density at radius 3 is 2.30 bits per heavy atom. The Hall–Kier alpha value is -5.05. The van der Waals surface area contributed by atoms with Gasteiger partial charge in [0.1, 0.15) is 5.75 Å². The van der Waals surface area contributed by atoms with Gasteiger partial charge in [0, 0.05) is 17.3 Å². The van der Waals surface area contributed by atoms with Crippen LogP contribution < -0.4 is 26.1 Å². The van der Waals surface area contributed by atoms with Crippen LogP contribution in [0.1, 0.15) is 42.3 Å². The lowest BCUT2D eigenvalue weighted by molar-refractivity contribution is -0.274. The highest BCUT2D eigenvalue weighted by molar-refractivity contribution is 7.22. The summed E-state index contributed by atoms with van der Waals surface area (Å²) < 4.78 is 42.3. The predicted octanol–water partition coefficient (Wildman–Crippen LogP) is 6.72. The van der Waals surface area contributed by atoms with Crippen molar-refractivity contribution in [3.63, 3.8) is 0 Å². The molecule has 0 unspecified atom stereocenters. The number of rotatable bonds is 6. The number of nitrogens with zero attached hydrogens (tertiary/aromatic N) is 4. The number of nitrogens with one attached hydrogen (secondary N) is 3. The monoisotopic (exact) mass is 612 g/mol. The molecule has 15 heteroatoms. The number of ether oxygens (including phenoxy) is 1. The fourth-order valence-electron chi connectivity index (χ4n) is 3.94. The molecule has 0 saturated carbocycles. The third kappa shape index (κ3) is 8.03. The number of hydrogen-bond acceptors (Lipinski definition) is 8. The van der Waals surface area contributed by atoms with E-state index in [0.717, 1.165) is 23.0 Å². The van der Waals surface area contributed by atoms with Crippen molar-refractivity contribution in [3.8, 4) is 5.75 Å². The minimum absolute atomic E-state index is 0.106. The fourth-order valence-corrected chi connectivity index (χ4v) is 4.83. The predicted molar refractivity (Wildman–Crippen MR) is 157 cm³/mol. The molecule has 3 amide bonds. The summed E-state index contributed by atoms with van der Waals surface area (Å²) in [4.78, 5) is 31.8. The van der Waals surface area contributed by atoms with Crippen LogP contribution in [0.25, 0.3) is 10.2 Å². The first-order valence-electron chi connectivity index (χ1n) is 12.7. The Bertz CT molecular complexity index is 1660. The van der Waals surface area contributed by atoms with Crippen molar-refractivity contribution in [1.29, 1.82) is 5.53 Å². The van der Waals surface area contributed by atoms with Gasteiger partial charge in [0.2, 0.25) is 0 Å². The van der Waals surface area contributed by atoms with E-state index in [1.807, 2.05) is 24.3 Å². The highest BCUT2D eigenvalue weighted by Gasteiger charge is 2.31. The van der Waals surface area contributed by atoms with Crippen molar-refractivity contribution >= 4 is 50.3 Å². The lowest BCUT2D eigenvalue weighted by atomic mass is 9.87. The van der Waals surface area contributed by atoms with Crippen LogP contribution in [0.2, 0.25) is 0 Å². The number of guanidine groups is 1. The Kier molecular flexibility index (Phi) is 8.94. The number of halogens is 3. The number of thiazole rings is 1. The second-order valence-corrected chi connectivity index (χ2v) is 11.3. The number of carbonyl (C=O) groups excluding carboxylic acids is 2. The van der Waals surface area contributed by atoms with Gasteiger partial charge >= 0.3 is 12.4 Å². The van der Waals surface area contributed by atoms with Gasteiger partial charge < -0.3 is 10.6 Å². The van der Waals surface area contributed by atoms with Gasteiger partial charge in [-0.2, -0.15) is 0 Å². The molecule has 0 saturated heterocycles. The molecule has 4 aromatic rings. The van der Waals surface area contributed by atoms with Crippen LogP contribution >= 0.6 is 11.3 Å². The Morgan fingerprint density at radius 1 is 1.05 bits per heavy atom. The number of amides is 3. The quantitative estimate of drug-likeness (QED) is 0.0625. The SMILES string of the molecule is CC(C)(C)c1ccc(N(Cc2ccc(C(=O)N/C(N=N)=N/N)cc2)C(=O)Nc2nc3ccc(OC(F)(F)F)cc3s2)cc1. The summed E-state index contributed by atoms with van der Waals surface area (Å²) in [7, 11) is 0. The molecule has 0 radical (unpaired) electrons. The fraction of sp³-hybridized carbons (Fsp3) is 0.214. The van der Waals surface area contributed by atoms with Gasteiger partial charge in [-0.1, -0.05) is 56.4 Å². The van der Waals surface area contributed by atoms with Crippen LogP contribution in [0.5, 0.6) is 5.75 Å². The van der Waals surface area contributed by atoms with E-state index >= 15 is 0 Å². The van der Waals surface area contributed by atoms with Gasteiger partial charge in [-0.05, 0) is 52.9 Å². The molecule has 224 valence electrons. The largest absolute Gasteiger partial charge is 0.573 e. The lowest BCUT2D eigenvalue weighted by Crippen LogP contribution is -2.34. The van der Waals surface area contributed by atoms with Crippen molar-refractivity contribution in [1.82, 2.24) is 10.3 Å². The van der Waals surface area contributed by atoms with Crippen LogP contribution in [0.15, 0.2) is 76.9 Å². The average Bonchev–Trinajstić information content (AvgIpc) is 3.34. The smallest absolute Gasteiger partial charge is 0.406 e. The maximum Gasteiger partial charge on any atom is 0.573 e. The zero-order valence-electron chi connectivity index (χ0n) is 23.2. The number of hydrogen-bond donors (Lipinski definition) is 4. The Labute approximate surface area is 248 Å². The average molecular weight is 613 g/mol. The molecule has 1 aromatic heterocycles. The molecule has 5 N–H and O–H groups in total. The van der Waals surface area contributed by atoms with E-state index in [0.29, 0.717) is 21.5 Å². The number of nitrogens with two attached hydrogens (primary N) is 1. The molecular weight excluding hydrogens is 585 g/mol. The maximum absolute atomic E-state index is 13.6. The van der Waals surface area contributed by atoms with Crippen LogP contribution in [-0.4, -0.2) is 29.2 Å². The van der Waals surface area contributed by atoms with Gasteiger partial charge in [0.05, 0.1) is 16.8 Å². The van der Waals surface area contributed by atoms with Gasteiger partial charge in [0.25, 0.3) is 11.9 Å². The van der Waals surface area contributed by atoms with Crippen LogP contribution in [0.4, 0.5) is 28.8 Å². The van der Waals surface area contributed by atoms with Crippen molar-refractivity contribution in [2.45, 2.75) is 39.1 Å². The highest BCUT2D eigenvalue weighted by Crippen LogP contribution is 2.32. The minimum atomic E-state index is -4.83. The first-order valence-corrected chi connectivity index (χ1v) is 13.5. The summed E-state index contributed by atoms with van der Waals surface area (Å²) in [6.45, 7) is 6.32. The van der Waals surface area contributed by atoms with Crippen molar-refractivity contribution in [2.75, 3.05) is 10.2 Å². The van der Waals surface area contributed by atoms with Gasteiger partial charge in [-0.15, -0.1) is 23.4 Å². The van der Waals surface area contributed by atoms with Crippen molar-refractivity contribution in [2.24, 2.45) is 16.1 Å². The highest BCUT2D eigenvalue weighted by atomic mass is 32.1. The molecule has 11 nitrogen and oxygen atoms in total. The number of hydrazone groups is 1. The summed E-state index contributed by atoms with van der Waals surface area (Å²) in [6, 6.07) is 17.1. The molecule has 4 rings (SSSR count). The topological polar surface area (TPSA) is 158 Å². The standard InChI is InChI=1S/C28H27F3N8O3S/c1-27(2,3)18-8-10-19(11-9-18)39(15-16-4-6-17(7-5-16)23(40)35-24(37-32)38-33)26(41)36-25-34-21-13-12-20(14-22(21)43-25)42-28(29,30)31/h4-14,32H,15,33H2,1-3H3,(H,34,36,41)(H,35,38,40). The number of urea groups is 1. The molecule has 43 heavy (non-hydrogen) atoms. The van der Waals surface area contributed by atoms with Crippen LogP contribution in [0.3, 0.4) is 0 Å². The third-order valence-corrected chi connectivity index (χ3v) is 7.04. The normalized spacial score (nSPS) is 12.1. The van der Waals surface area contributed by atoms with Crippen LogP contribution in [0, 0.1) is 5.53 Å². The van der Waals surface area contributed by atoms with Gasteiger partial charge in [-0.25, -0.2) is 15.3 Å². The Balaban J connectivity index is 1.59. The van der Waals surface area contributed by atoms with E-state index in [9.17, 15) is 22.8 Å². The van der Waals surface area contributed by atoms with E-state index in [1.54, 1.807) is 12.1 Å². The second kappa shape index (κ2) is 12.4. The molecule has 0 bridgehead atoms. The number of anilines is 2. The number of fused-ring (bicyclic) bond motifs is 1. The molecule has 0 aliphatic rings. The third-order valence-electron chi connectivity index (χ3n) is 6.11. The zero-order valence-corrected chi connectivity index (χ0v) is 24.0. The first-order chi connectivity index (χ1) is 20.3. The molecule has 0 fully saturated rings. The molecule has 0 aliphatic carbocycles. The molecule has 0 atom stereocenters. The molecule has 0 spiro atoms. The summed E-state index contributed by atoms with van der Waals surface area (Å²) >= 11 is 1.00. The second-order valence-electron chi connectivity index (χ2n) is 10.2. The number of alkyl halides is 3. The summed E-state index contributed by atoms with van der Waals surface area (Å²) in [5.41, 5.74) is 9.82. The zero-order chi connectivity index (χ0) is 31.4. The van der Waals surface area contributed by atoms with Crippen molar-refractivity contribution < 1.29 is 27.5 Å². The Morgan fingerprint density at radius 2 is 1.72 bits per heavy atom. The van der Waals surface area contributed by atoms with E-state index in [4.69, 9.17) is 11.4 Å². The van der Waals surface area contributed by atoms with E-state index < -0.39 is 18.3 Å². The minimum Gasteiger partial charge on any atom is -0.406 e. The molecule has 0 aliphatic heterocycles. The maximum atomic E-state index is 13.6. The summed E-state index contributed by atoms with van der Waals surface area (Å²) in [5.74, 6) is 3.76. The molecule has 3 aromatic carbocycles. The number of benzene rings is 3. The van der Waals surface area contributed by atoms with E-state index in [-0.39, 0.29) is 34.4 Å². The van der Waals surface area contributed by atoms with Crippen LogP contribution in [-0.2, 0) is 12.0 Å². The molecule has 1 heterocycles. The summed E-state index contributed by atoms with van der Waals surface area (Å²) in [5, 5.41) is 11.4. The van der Waals surface area contributed by atoms with Crippen molar-refractivity contribution in [3.05, 3.63) is 83.4 Å². The summed E-state index contributed by atoms with van der Waals surface area (Å²) in [6.07, 6.45) is -4.83. The first kappa shape index (κ1) is 30.9. The van der Waals surface area contributed by atoms with E-state index in [1.165, 1.54) is 29.2 Å². The lowest BCUT2D eigenvalue weighted by Gasteiger charge is -2.25. The number of carbonyl (C=O) groups is 2. The van der Waals surface area contributed by atoms with Gasteiger partial charge in [-0.3, -0.25) is 20.3 Å². The molecular formula is C28H27F3N8O3S. The number of aromatic nitrogens is 1. The van der Waals surface area contributed by atoms with Gasteiger partial charge in [0.15, 0.2) is 5.13 Å².